The summed E-state index contributed by atoms with van der Waals surface area (Å²) in [5.74, 6) is 1.02. The highest BCUT2D eigenvalue weighted by atomic mass is 32.2. The second-order valence-corrected chi connectivity index (χ2v) is 12.9. The van der Waals surface area contributed by atoms with E-state index < -0.39 is 15.9 Å². The van der Waals surface area contributed by atoms with Crippen LogP contribution in [-0.4, -0.2) is 87.9 Å². The molecule has 0 radical (unpaired) electrons. The van der Waals surface area contributed by atoms with Gasteiger partial charge in [0, 0.05) is 38.3 Å². The summed E-state index contributed by atoms with van der Waals surface area (Å²) in [5, 5.41) is 3.22. The molecule has 11 nitrogen and oxygen atoms in total. The summed E-state index contributed by atoms with van der Waals surface area (Å²) in [6, 6.07) is 8.19. The van der Waals surface area contributed by atoms with Gasteiger partial charge in [-0.1, -0.05) is 11.3 Å². The van der Waals surface area contributed by atoms with Crippen molar-refractivity contribution in [3.8, 4) is 17.2 Å². The number of nitrogens with one attached hydrogen (secondary N) is 1. The van der Waals surface area contributed by atoms with E-state index in [0.717, 1.165) is 58.5 Å². The first-order chi connectivity index (χ1) is 19.5. The van der Waals surface area contributed by atoms with E-state index in [1.807, 2.05) is 0 Å². The number of carbonyl (C=O) groups excluding carboxylic acids is 1. The quantitative estimate of drug-likeness (QED) is 0.355. The first kappa shape index (κ1) is 27.2. The maximum Gasteiger partial charge on any atom is 0.261 e. The molecule has 2 fully saturated rings. The summed E-state index contributed by atoms with van der Waals surface area (Å²) in [7, 11) is -3.54. The van der Waals surface area contributed by atoms with E-state index in [4.69, 9.17) is 18.9 Å². The average Bonchev–Trinajstić information content (AvgIpc) is 3.73. The number of sulfonamides is 1. The van der Waals surface area contributed by atoms with E-state index in [9.17, 15) is 13.2 Å². The molecule has 0 aliphatic carbocycles. The maximum absolute atomic E-state index is 13.4. The predicted octanol–water partition coefficient (Wildman–Crippen LogP) is 3.55. The zero-order valence-electron chi connectivity index (χ0n) is 22.1. The van der Waals surface area contributed by atoms with Crippen molar-refractivity contribution >= 4 is 42.6 Å². The third kappa shape index (κ3) is 5.88. The van der Waals surface area contributed by atoms with Crippen LogP contribution in [0.3, 0.4) is 0 Å². The number of aromatic nitrogens is 1. The molecule has 2 saturated heterocycles. The number of hydrogen-bond donors (Lipinski definition) is 1. The molecule has 214 valence electrons. The van der Waals surface area contributed by atoms with E-state index in [-0.39, 0.29) is 11.7 Å². The van der Waals surface area contributed by atoms with Gasteiger partial charge in [-0.3, -0.25) is 15.0 Å². The molecule has 6 rings (SSSR count). The van der Waals surface area contributed by atoms with Crippen molar-refractivity contribution in [2.75, 3.05) is 64.7 Å². The molecule has 1 N–H and O–H groups in total. The lowest BCUT2D eigenvalue weighted by molar-refractivity contribution is 0.0368. The molecule has 4 heterocycles. The lowest BCUT2D eigenvalue weighted by Crippen LogP contribution is -2.36. The van der Waals surface area contributed by atoms with Gasteiger partial charge in [-0.05, 0) is 50.4 Å². The van der Waals surface area contributed by atoms with E-state index in [1.54, 1.807) is 30.3 Å². The molecule has 2 aromatic carbocycles. The number of carbonyl (C=O) groups is 1. The van der Waals surface area contributed by atoms with Crippen molar-refractivity contribution in [3.05, 3.63) is 35.9 Å². The summed E-state index contributed by atoms with van der Waals surface area (Å²) < 4.78 is 50.6. The Hall–Kier alpha value is -2.97. The lowest BCUT2D eigenvalue weighted by atomic mass is 10.1. The van der Waals surface area contributed by atoms with Crippen molar-refractivity contribution in [3.63, 3.8) is 0 Å². The Morgan fingerprint density at radius 1 is 1.02 bits per heavy atom. The van der Waals surface area contributed by atoms with Crippen molar-refractivity contribution in [1.82, 2.24) is 14.2 Å². The molecule has 0 spiro atoms. The Morgan fingerprint density at radius 3 is 2.60 bits per heavy atom. The van der Waals surface area contributed by atoms with Crippen LogP contribution in [0.25, 0.3) is 10.2 Å². The molecule has 0 atom stereocenters. The standard InChI is InChI=1S/C27H32N4O7S2/c32-26(29-27-28-21-6-5-19(15-25(21)39-27)40(33,34)31-8-1-2-9-31)20-16-23-24(38-18-37-23)17-22(20)36-12-4-3-7-30-10-13-35-14-11-30/h5-6,15-17H,1-4,7-14,18H2,(H,28,29,32). The Labute approximate surface area is 237 Å². The number of benzene rings is 2. The maximum atomic E-state index is 13.4. The fourth-order valence-corrected chi connectivity index (χ4v) is 7.54. The number of morpholine rings is 1. The Morgan fingerprint density at radius 2 is 1.80 bits per heavy atom. The van der Waals surface area contributed by atoms with E-state index in [2.05, 4.69) is 15.2 Å². The molecule has 0 saturated carbocycles. The Balaban J connectivity index is 1.14. The molecule has 0 unspecified atom stereocenters. The molecule has 1 amide bonds. The third-order valence-electron chi connectivity index (χ3n) is 7.23. The fraction of sp³-hybridized carbons (Fsp3) is 0.481. The minimum absolute atomic E-state index is 0.0833. The van der Waals surface area contributed by atoms with Gasteiger partial charge in [-0.15, -0.1) is 0 Å². The summed E-state index contributed by atoms with van der Waals surface area (Å²) in [6.45, 7) is 6.07. The number of ether oxygens (including phenoxy) is 4. The van der Waals surface area contributed by atoms with E-state index in [0.29, 0.717) is 57.9 Å². The van der Waals surface area contributed by atoms with Gasteiger partial charge in [0.2, 0.25) is 16.8 Å². The molecule has 1 aromatic heterocycles. The minimum Gasteiger partial charge on any atom is -0.493 e. The van der Waals surface area contributed by atoms with Crippen LogP contribution in [0.15, 0.2) is 35.2 Å². The van der Waals surface area contributed by atoms with Crippen molar-refractivity contribution < 1.29 is 32.2 Å². The number of thiazole rings is 1. The average molecular weight is 589 g/mol. The van der Waals surface area contributed by atoms with Crippen LogP contribution in [-0.2, 0) is 14.8 Å². The van der Waals surface area contributed by atoms with Crippen LogP contribution in [0.5, 0.6) is 17.2 Å². The zero-order chi connectivity index (χ0) is 27.5. The smallest absolute Gasteiger partial charge is 0.261 e. The number of rotatable bonds is 10. The number of unbranched alkanes of at least 4 members (excludes halogenated alkanes) is 1. The summed E-state index contributed by atoms with van der Waals surface area (Å²) in [6.07, 6.45) is 3.57. The molecule has 3 aromatic rings. The van der Waals surface area contributed by atoms with Gasteiger partial charge in [-0.25, -0.2) is 13.4 Å². The van der Waals surface area contributed by atoms with Gasteiger partial charge in [0.25, 0.3) is 5.91 Å². The third-order valence-corrected chi connectivity index (χ3v) is 10.1. The monoisotopic (exact) mass is 588 g/mol. The summed E-state index contributed by atoms with van der Waals surface area (Å²) in [5.41, 5.74) is 0.928. The van der Waals surface area contributed by atoms with Crippen molar-refractivity contribution in [2.45, 2.75) is 30.6 Å². The highest BCUT2D eigenvalue weighted by molar-refractivity contribution is 7.89. The lowest BCUT2D eigenvalue weighted by Gasteiger charge is -2.26. The topological polar surface area (TPSA) is 120 Å². The van der Waals surface area contributed by atoms with Crippen LogP contribution < -0.4 is 19.5 Å². The van der Waals surface area contributed by atoms with E-state index >= 15 is 0 Å². The van der Waals surface area contributed by atoms with Crippen LogP contribution >= 0.6 is 11.3 Å². The van der Waals surface area contributed by atoms with E-state index in [1.165, 1.54) is 15.6 Å². The number of fused-ring (bicyclic) bond motifs is 2. The van der Waals surface area contributed by atoms with Crippen LogP contribution in [0.4, 0.5) is 5.13 Å². The molecule has 40 heavy (non-hydrogen) atoms. The highest BCUT2D eigenvalue weighted by Gasteiger charge is 2.28. The second-order valence-electron chi connectivity index (χ2n) is 9.93. The van der Waals surface area contributed by atoms with Gasteiger partial charge in [0.15, 0.2) is 16.6 Å². The first-order valence-electron chi connectivity index (χ1n) is 13.6. The Kier molecular flexibility index (Phi) is 8.08. The summed E-state index contributed by atoms with van der Waals surface area (Å²) in [4.78, 5) is 20.5. The molecule has 0 bridgehead atoms. The molecule has 3 aliphatic heterocycles. The highest BCUT2D eigenvalue weighted by Crippen LogP contribution is 2.39. The SMILES string of the molecule is O=C(Nc1nc2ccc(S(=O)(=O)N3CCCC3)cc2s1)c1cc2c(cc1OCCCCN1CCOCC1)OCO2. The van der Waals surface area contributed by atoms with Gasteiger partial charge in [0.05, 0.1) is 40.5 Å². The normalized spacial score (nSPS) is 17.9. The number of amides is 1. The second kappa shape index (κ2) is 11.9. The fourth-order valence-electron chi connectivity index (χ4n) is 5.03. The summed E-state index contributed by atoms with van der Waals surface area (Å²) >= 11 is 1.23. The number of anilines is 1. The van der Waals surface area contributed by atoms with Gasteiger partial charge < -0.3 is 18.9 Å². The molecule has 3 aliphatic rings. The largest absolute Gasteiger partial charge is 0.493 e. The molecular formula is C27H32N4O7S2. The predicted molar refractivity (Wildman–Crippen MR) is 150 cm³/mol. The van der Waals surface area contributed by atoms with Crippen LogP contribution in [0.1, 0.15) is 36.0 Å². The molecular weight excluding hydrogens is 556 g/mol. The number of hydrogen-bond acceptors (Lipinski definition) is 10. The van der Waals surface area contributed by atoms with Gasteiger partial charge >= 0.3 is 0 Å². The van der Waals surface area contributed by atoms with Crippen molar-refractivity contribution in [1.29, 1.82) is 0 Å². The van der Waals surface area contributed by atoms with Crippen LogP contribution in [0.2, 0.25) is 0 Å². The van der Waals surface area contributed by atoms with Gasteiger partial charge in [0.1, 0.15) is 5.75 Å². The minimum atomic E-state index is -3.54. The van der Waals surface area contributed by atoms with Crippen molar-refractivity contribution in [2.24, 2.45) is 0 Å². The van der Waals surface area contributed by atoms with Gasteiger partial charge in [-0.2, -0.15) is 4.31 Å². The molecule has 13 heteroatoms. The Bertz CT molecular complexity index is 1480. The zero-order valence-corrected chi connectivity index (χ0v) is 23.7. The number of nitrogens with zero attached hydrogens (tertiary/aromatic N) is 3. The van der Waals surface area contributed by atoms with Crippen LogP contribution in [0, 0.1) is 0 Å². The first-order valence-corrected chi connectivity index (χ1v) is 15.8.